The van der Waals surface area contributed by atoms with E-state index in [2.05, 4.69) is 27.5 Å². The molecule has 0 unspecified atom stereocenters. The maximum Gasteiger partial charge on any atom is 0.286 e. The second-order valence-corrected chi connectivity index (χ2v) is 8.74. The highest BCUT2D eigenvalue weighted by Gasteiger charge is 2.25. The Morgan fingerprint density at radius 3 is 1.88 bits per heavy atom. The van der Waals surface area contributed by atoms with E-state index >= 15 is 0 Å². The van der Waals surface area contributed by atoms with Crippen LogP contribution in [0.1, 0.15) is 5.56 Å². The first kappa shape index (κ1) is 18.1. The Labute approximate surface area is 159 Å². The molecular weight excluding hydrogens is 413 g/mol. The predicted molar refractivity (Wildman–Crippen MR) is 107 cm³/mol. The van der Waals surface area contributed by atoms with E-state index in [0.717, 1.165) is 0 Å². The van der Waals surface area contributed by atoms with Crippen molar-refractivity contribution < 1.29 is 9.49 Å². The van der Waals surface area contributed by atoms with Gasteiger partial charge in [-0.3, -0.25) is 14.7 Å². The van der Waals surface area contributed by atoms with Gasteiger partial charge in [0.25, 0.3) is 5.69 Å². The Kier molecular flexibility index (Phi) is 5.37. The summed E-state index contributed by atoms with van der Waals surface area (Å²) in [5, 5.41) is 12.5. The molecule has 0 saturated heterocycles. The van der Waals surface area contributed by atoms with E-state index in [-0.39, 0.29) is 11.3 Å². The zero-order valence-electron chi connectivity index (χ0n) is 13.5. The van der Waals surface area contributed by atoms with Crippen molar-refractivity contribution in [3.8, 4) is 11.6 Å². The molecule has 0 aliphatic carbocycles. The molecule has 3 aromatic carbocycles. The molecule has 0 heterocycles. The first-order valence-corrected chi connectivity index (χ1v) is 10.2. The maximum absolute atomic E-state index is 13.8. The van der Waals surface area contributed by atoms with Crippen LogP contribution in [0.2, 0.25) is 0 Å². The molecule has 0 aromatic heterocycles. The van der Waals surface area contributed by atoms with Gasteiger partial charge in [0.2, 0.25) is 7.14 Å². The van der Waals surface area contributed by atoms with Crippen LogP contribution in [0.4, 0.5) is 5.69 Å². The number of hydrogen-bond acceptors (Lipinski definition) is 3. The van der Waals surface area contributed by atoms with Crippen LogP contribution in [0.15, 0.2) is 83.3 Å². The Bertz CT molecular complexity index is 1010. The summed E-state index contributed by atoms with van der Waals surface area (Å²) in [5.74, 6) is 2.80. The Morgan fingerprint density at radius 2 is 1.38 bits per heavy atom. The predicted octanol–water partition coefficient (Wildman–Crippen LogP) is 4.68. The highest BCUT2D eigenvalue weighted by molar-refractivity contribution is 9.10. The molecule has 0 fully saturated rings. The van der Waals surface area contributed by atoms with Crippen molar-refractivity contribution in [2.24, 2.45) is 0 Å². The second kappa shape index (κ2) is 7.70. The summed E-state index contributed by atoms with van der Waals surface area (Å²) in [6.45, 7) is 0. The highest BCUT2D eigenvalue weighted by atomic mass is 79.9. The number of benzene rings is 3. The molecule has 0 atom stereocenters. The molecule has 6 heteroatoms. The van der Waals surface area contributed by atoms with Gasteiger partial charge in [-0.15, -0.1) is 0 Å². The van der Waals surface area contributed by atoms with E-state index in [4.69, 9.17) is 0 Å². The molecule has 0 spiro atoms. The molecule has 0 radical (unpaired) electrons. The molecule has 26 heavy (non-hydrogen) atoms. The third-order valence-corrected chi connectivity index (χ3v) is 6.90. The van der Waals surface area contributed by atoms with Crippen LogP contribution < -0.4 is 10.6 Å². The topological polar surface area (TPSA) is 60.2 Å². The summed E-state index contributed by atoms with van der Waals surface area (Å²) < 4.78 is 14.3. The van der Waals surface area contributed by atoms with Crippen molar-refractivity contribution in [2.75, 3.05) is 0 Å². The minimum Gasteiger partial charge on any atom is -0.300 e. The normalized spacial score (nSPS) is 10.7. The van der Waals surface area contributed by atoms with E-state index in [1.807, 2.05) is 12.1 Å². The minimum atomic E-state index is -3.26. The minimum absolute atomic E-state index is 0.125. The van der Waals surface area contributed by atoms with Crippen LogP contribution in [0.25, 0.3) is 0 Å². The highest BCUT2D eigenvalue weighted by Crippen LogP contribution is 2.42. The Balaban J connectivity index is 2.22. The second-order valence-electron chi connectivity index (χ2n) is 5.41. The number of nitro benzene ring substituents is 1. The maximum atomic E-state index is 13.8. The smallest absolute Gasteiger partial charge is 0.286 e. The Morgan fingerprint density at radius 1 is 0.846 bits per heavy atom. The molecule has 4 nitrogen and oxygen atoms in total. The standard InChI is InChI=1S/C20H13BrNO3P/c21-19-12-7-13-20(22(23)24)18(19)14-15-26(25,16-8-3-1-4-9-16)17-10-5-2-6-11-17/h1-13H. The van der Waals surface area contributed by atoms with Gasteiger partial charge in [-0.1, -0.05) is 72.7 Å². The van der Waals surface area contributed by atoms with E-state index in [0.29, 0.717) is 15.1 Å². The molecule has 3 rings (SSSR count). The lowest BCUT2D eigenvalue weighted by Crippen LogP contribution is -2.14. The van der Waals surface area contributed by atoms with Gasteiger partial charge >= 0.3 is 0 Å². The third-order valence-electron chi connectivity index (χ3n) is 3.77. The molecule has 3 aromatic rings. The van der Waals surface area contributed by atoms with E-state index in [1.165, 1.54) is 6.07 Å². The summed E-state index contributed by atoms with van der Waals surface area (Å²) in [6, 6.07) is 22.5. The lowest BCUT2D eigenvalue weighted by Gasteiger charge is -2.12. The van der Waals surface area contributed by atoms with Crippen molar-refractivity contribution in [1.29, 1.82) is 0 Å². The van der Waals surface area contributed by atoms with Gasteiger partial charge in [0, 0.05) is 21.1 Å². The van der Waals surface area contributed by atoms with Crippen LogP contribution in [0, 0.1) is 21.7 Å². The Hall–Kier alpha value is -2.67. The number of hydrogen-bond donors (Lipinski definition) is 0. The first-order chi connectivity index (χ1) is 12.5. The van der Waals surface area contributed by atoms with Crippen molar-refractivity contribution in [1.82, 2.24) is 0 Å². The summed E-state index contributed by atoms with van der Waals surface area (Å²) in [6.07, 6.45) is 0. The van der Waals surface area contributed by atoms with E-state index in [1.54, 1.807) is 60.7 Å². The summed E-state index contributed by atoms with van der Waals surface area (Å²) in [5.41, 5.74) is 2.94. The summed E-state index contributed by atoms with van der Waals surface area (Å²) in [4.78, 5) is 10.8. The molecule has 0 N–H and O–H groups in total. The first-order valence-electron chi connectivity index (χ1n) is 7.70. The molecule has 0 aliphatic heterocycles. The summed E-state index contributed by atoms with van der Waals surface area (Å²) in [7, 11) is -3.26. The van der Waals surface area contributed by atoms with Crippen molar-refractivity contribution in [3.05, 3.63) is 99.0 Å². The number of nitro groups is 1. The zero-order valence-corrected chi connectivity index (χ0v) is 16.0. The molecule has 0 bridgehead atoms. The van der Waals surface area contributed by atoms with Gasteiger partial charge in [-0.25, -0.2) is 0 Å². The van der Waals surface area contributed by atoms with E-state index in [9.17, 15) is 14.7 Å². The quantitative estimate of drug-likeness (QED) is 0.265. The lowest BCUT2D eigenvalue weighted by atomic mass is 10.2. The number of halogens is 1. The van der Waals surface area contributed by atoms with Crippen molar-refractivity contribution >= 4 is 39.4 Å². The van der Waals surface area contributed by atoms with Gasteiger partial charge in [0.15, 0.2) is 0 Å². The van der Waals surface area contributed by atoms with Crippen LogP contribution in [0.5, 0.6) is 0 Å². The van der Waals surface area contributed by atoms with Gasteiger partial charge in [0.1, 0.15) is 5.56 Å². The fraction of sp³-hybridized carbons (Fsp3) is 0. The SMILES string of the molecule is O=[N+]([O-])c1cccc(Br)c1C#CP(=O)(c1ccccc1)c1ccccc1. The van der Waals surface area contributed by atoms with Crippen LogP contribution in [-0.4, -0.2) is 4.92 Å². The van der Waals surface area contributed by atoms with Gasteiger partial charge in [-0.05, 0) is 27.7 Å². The van der Waals surface area contributed by atoms with Crippen LogP contribution >= 0.6 is 23.1 Å². The fourth-order valence-electron chi connectivity index (χ4n) is 2.48. The van der Waals surface area contributed by atoms with Crippen molar-refractivity contribution in [2.45, 2.75) is 0 Å². The molecule has 0 saturated carbocycles. The van der Waals surface area contributed by atoms with Crippen LogP contribution in [0.3, 0.4) is 0 Å². The molecule has 0 aliphatic rings. The van der Waals surface area contributed by atoms with Gasteiger partial charge < -0.3 is 0 Å². The van der Waals surface area contributed by atoms with Gasteiger partial charge in [-0.2, -0.15) is 0 Å². The third kappa shape index (κ3) is 3.62. The fourth-order valence-corrected chi connectivity index (χ4v) is 4.94. The molecule has 0 amide bonds. The average Bonchev–Trinajstić information content (AvgIpc) is 2.68. The van der Waals surface area contributed by atoms with Crippen LogP contribution in [-0.2, 0) is 4.57 Å². The lowest BCUT2D eigenvalue weighted by molar-refractivity contribution is -0.385. The van der Waals surface area contributed by atoms with E-state index < -0.39 is 12.1 Å². The zero-order chi connectivity index (χ0) is 18.6. The van der Waals surface area contributed by atoms with Gasteiger partial charge in [0.05, 0.1) is 4.92 Å². The number of nitrogens with zero attached hydrogens (tertiary/aromatic N) is 1. The summed E-state index contributed by atoms with van der Waals surface area (Å²) >= 11 is 3.30. The average molecular weight is 426 g/mol. The van der Waals surface area contributed by atoms with Crippen molar-refractivity contribution in [3.63, 3.8) is 0 Å². The molecular formula is C20H13BrNO3P. The monoisotopic (exact) mass is 425 g/mol. The molecule has 128 valence electrons. The number of rotatable bonds is 3. The largest absolute Gasteiger partial charge is 0.300 e.